The van der Waals surface area contributed by atoms with Crippen LogP contribution in [0.5, 0.6) is 0 Å². The first-order chi connectivity index (χ1) is 9.66. The summed E-state index contributed by atoms with van der Waals surface area (Å²) in [5.74, 6) is -0.408. The van der Waals surface area contributed by atoms with Gasteiger partial charge in [0.1, 0.15) is 6.61 Å². The van der Waals surface area contributed by atoms with Crippen molar-refractivity contribution in [3.05, 3.63) is 75.8 Å². The Morgan fingerprint density at radius 1 is 1.05 bits per heavy atom. The standard InChI is InChI=1S/C15H13NO4/c17-15(10-12-6-2-1-3-7-12)20-11-13-8-4-5-9-14(13)16(18)19/h1-9H,10-11H2. The topological polar surface area (TPSA) is 69.4 Å². The van der Waals surface area contributed by atoms with Crippen molar-refractivity contribution >= 4 is 11.7 Å². The van der Waals surface area contributed by atoms with Crippen molar-refractivity contribution in [3.8, 4) is 0 Å². The molecule has 0 saturated heterocycles. The maximum absolute atomic E-state index is 11.7. The minimum absolute atomic E-state index is 0.0417. The fraction of sp³-hybridized carbons (Fsp3) is 0.133. The maximum atomic E-state index is 11.7. The highest BCUT2D eigenvalue weighted by atomic mass is 16.6. The molecule has 5 nitrogen and oxygen atoms in total. The summed E-state index contributed by atoms with van der Waals surface area (Å²) in [6.07, 6.45) is 0.154. The monoisotopic (exact) mass is 271 g/mol. The van der Waals surface area contributed by atoms with Gasteiger partial charge in [0.15, 0.2) is 0 Å². The van der Waals surface area contributed by atoms with Gasteiger partial charge in [-0.15, -0.1) is 0 Å². The molecule has 2 rings (SSSR count). The minimum Gasteiger partial charge on any atom is -0.460 e. The Bertz CT molecular complexity index is 610. The normalized spacial score (nSPS) is 10.0. The van der Waals surface area contributed by atoms with Crippen molar-refractivity contribution in [2.24, 2.45) is 0 Å². The van der Waals surface area contributed by atoms with E-state index in [2.05, 4.69) is 0 Å². The molecule has 2 aromatic carbocycles. The average Bonchev–Trinajstić information content (AvgIpc) is 2.46. The lowest BCUT2D eigenvalue weighted by molar-refractivity contribution is -0.385. The molecule has 0 spiro atoms. The summed E-state index contributed by atoms with van der Waals surface area (Å²) >= 11 is 0. The third-order valence-corrected chi connectivity index (χ3v) is 2.77. The number of nitrogens with zero attached hydrogens (tertiary/aromatic N) is 1. The molecule has 0 saturated carbocycles. The molecular formula is C15H13NO4. The molecule has 20 heavy (non-hydrogen) atoms. The van der Waals surface area contributed by atoms with Crippen LogP contribution in [0.1, 0.15) is 11.1 Å². The number of benzene rings is 2. The molecule has 0 heterocycles. The van der Waals surface area contributed by atoms with Crippen molar-refractivity contribution in [2.45, 2.75) is 13.0 Å². The molecule has 0 fully saturated rings. The van der Waals surface area contributed by atoms with E-state index in [9.17, 15) is 14.9 Å². The second-order valence-corrected chi connectivity index (χ2v) is 4.21. The molecule has 2 aromatic rings. The fourth-order valence-corrected chi connectivity index (χ4v) is 1.78. The van der Waals surface area contributed by atoms with Crippen molar-refractivity contribution in [3.63, 3.8) is 0 Å². The second-order valence-electron chi connectivity index (χ2n) is 4.21. The van der Waals surface area contributed by atoms with Crippen molar-refractivity contribution in [1.29, 1.82) is 0 Å². The highest BCUT2D eigenvalue weighted by Gasteiger charge is 2.14. The van der Waals surface area contributed by atoms with Crippen LogP contribution in [0.2, 0.25) is 0 Å². The lowest BCUT2D eigenvalue weighted by Crippen LogP contribution is -2.08. The smallest absolute Gasteiger partial charge is 0.310 e. The van der Waals surface area contributed by atoms with Gasteiger partial charge < -0.3 is 4.74 Å². The molecule has 0 aromatic heterocycles. The van der Waals surface area contributed by atoms with Crippen LogP contribution in [0.25, 0.3) is 0 Å². The van der Waals surface area contributed by atoms with Gasteiger partial charge in [-0.3, -0.25) is 14.9 Å². The first-order valence-corrected chi connectivity index (χ1v) is 6.08. The number of carbonyl (C=O) groups is 1. The van der Waals surface area contributed by atoms with E-state index in [1.54, 1.807) is 18.2 Å². The van der Waals surface area contributed by atoms with Crippen LogP contribution in [0.3, 0.4) is 0 Å². The molecule has 0 aliphatic carbocycles. The molecule has 0 radical (unpaired) electrons. The third-order valence-electron chi connectivity index (χ3n) is 2.77. The van der Waals surface area contributed by atoms with Crippen molar-refractivity contribution in [1.82, 2.24) is 0 Å². The largest absolute Gasteiger partial charge is 0.460 e. The molecule has 0 N–H and O–H groups in total. The predicted octanol–water partition coefficient (Wildman–Crippen LogP) is 2.88. The number of nitro benzene ring substituents is 1. The van der Waals surface area contributed by atoms with Gasteiger partial charge in [0, 0.05) is 6.07 Å². The summed E-state index contributed by atoms with van der Waals surface area (Å²) in [6.45, 7) is -0.0944. The zero-order valence-corrected chi connectivity index (χ0v) is 10.7. The Labute approximate surface area is 116 Å². The van der Waals surface area contributed by atoms with Crippen LogP contribution in [0, 0.1) is 10.1 Å². The van der Waals surface area contributed by atoms with Gasteiger partial charge in [0.05, 0.1) is 16.9 Å². The summed E-state index contributed by atoms with van der Waals surface area (Å²) in [4.78, 5) is 22.0. The zero-order valence-electron chi connectivity index (χ0n) is 10.7. The quantitative estimate of drug-likeness (QED) is 0.476. The van der Waals surface area contributed by atoms with E-state index >= 15 is 0 Å². The molecule has 0 bridgehead atoms. The van der Waals surface area contributed by atoms with E-state index in [0.717, 1.165) is 5.56 Å². The van der Waals surface area contributed by atoms with Crippen LogP contribution in [0.4, 0.5) is 5.69 Å². The first kappa shape index (κ1) is 13.7. The minimum atomic E-state index is -0.486. The number of rotatable bonds is 5. The summed E-state index contributed by atoms with van der Waals surface area (Å²) in [7, 11) is 0. The predicted molar refractivity (Wildman–Crippen MR) is 73.0 cm³/mol. The molecule has 0 aliphatic heterocycles. The zero-order chi connectivity index (χ0) is 14.4. The number of para-hydroxylation sites is 1. The number of hydrogen-bond donors (Lipinski definition) is 0. The summed E-state index contributed by atoms with van der Waals surface area (Å²) in [5, 5.41) is 10.8. The lowest BCUT2D eigenvalue weighted by atomic mass is 10.1. The number of nitro groups is 1. The van der Waals surface area contributed by atoms with Crippen LogP contribution < -0.4 is 0 Å². The number of ether oxygens (including phenoxy) is 1. The van der Waals surface area contributed by atoms with Crippen LogP contribution in [-0.4, -0.2) is 10.9 Å². The SMILES string of the molecule is O=C(Cc1ccccc1)OCc1ccccc1[N+](=O)[O-]. The van der Waals surface area contributed by atoms with Gasteiger partial charge in [-0.2, -0.15) is 0 Å². The van der Waals surface area contributed by atoms with E-state index in [1.165, 1.54) is 6.07 Å². The molecule has 0 amide bonds. The third kappa shape index (κ3) is 3.65. The molecule has 5 heteroatoms. The van der Waals surface area contributed by atoms with Crippen LogP contribution in [-0.2, 0) is 22.6 Å². The fourth-order valence-electron chi connectivity index (χ4n) is 1.78. The van der Waals surface area contributed by atoms with Gasteiger partial charge >= 0.3 is 5.97 Å². The summed E-state index contributed by atoms with van der Waals surface area (Å²) in [6, 6.07) is 15.4. The summed E-state index contributed by atoms with van der Waals surface area (Å²) in [5.41, 5.74) is 1.19. The van der Waals surface area contributed by atoms with E-state index in [1.807, 2.05) is 30.3 Å². The van der Waals surface area contributed by atoms with Gasteiger partial charge in [-0.25, -0.2) is 0 Å². The van der Waals surface area contributed by atoms with Crippen LogP contribution in [0.15, 0.2) is 54.6 Å². The second kappa shape index (κ2) is 6.47. The van der Waals surface area contributed by atoms with Crippen molar-refractivity contribution < 1.29 is 14.5 Å². The molecule has 0 atom stereocenters. The highest BCUT2D eigenvalue weighted by Crippen LogP contribution is 2.18. The van der Waals surface area contributed by atoms with Crippen molar-refractivity contribution in [2.75, 3.05) is 0 Å². The number of esters is 1. The Hall–Kier alpha value is -2.69. The average molecular weight is 271 g/mol. The van der Waals surface area contributed by atoms with E-state index in [0.29, 0.717) is 5.56 Å². The van der Waals surface area contributed by atoms with Gasteiger partial charge in [0.2, 0.25) is 0 Å². The summed E-state index contributed by atoms with van der Waals surface area (Å²) < 4.78 is 5.08. The maximum Gasteiger partial charge on any atom is 0.310 e. The first-order valence-electron chi connectivity index (χ1n) is 6.08. The van der Waals surface area contributed by atoms with E-state index in [4.69, 9.17) is 4.74 Å². The Balaban J connectivity index is 1.96. The number of hydrogen-bond acceptors (Lipinski definition) is 4. The highest BCUT2D eigenvalue weighted by molar-refractivity contribution is 5.72. The van der Waals surface area contributed by atoms with Crippen LogP contribution >= 0.6 is 0 Å². The lowest BCUT2D eigenvalue weighted by Gasteiger charge is -2.05. The Morgan fingerprint density at radius 3 is 2.40 bits per heavy atom. The van der Waals surface area contributed by atoms with Gasteiger partial charge in [0.25, 0.3) is 5.69 Å². The van der Waals surface area contributed by atoms with E-state index < -0.39 is 10.9 Å². The molecule has 0 unspecified atom stereocenters. The molecule has 0 aliphatic rings. The number of carbonyl (C=O) groups excluding carboxylic acids is 1. The van der Waals surface area contributed by atoms with Gasteiger partial charge in [-0.05, 0) is 11.6 Å². The molecule has 102 valence electrons. The Morgan fingerprint density at radius 2 is 1.70 bits per heavy atom. The molecular weight excluding hydrogens is 258 g/mol. The van der Waals surface area contributed by atoms with Gasteiger partial charge in [-0.1, -0.05) is 42.5 Å². The van der Waals surface area contributed by atoms with E-state index in [-0.39, 0.29) is 18.7 Å². The Kier molecular flexibility index (Phi) is 4.44.